The monoisotopic (exact) mass is 263 g/mol. The zero-order valence-electron chi connectivity index (χ0n) is 11.5. The van der Waals surface area contributed by atoms with Crippen molar-refractivity contribution in [3.63, 3.8) is 0 Å². The summed E-state index contributed by atoms with van der Waals surface area (Å²) in [7, 11) is 3.29. The average Bonchev–Trinajstić information content (AvgIpc) is 2.59. The maximum absolute atomic E-state index is 12.4. The molecule has 1 atom stereocenters. The third-order valence-corrected chi connectivity index (χ3v) is 3.50. The molecule has 0 aromatic heterocycles. The summed E-state index contributed by atoms with van der Waals surface area (Å²) in [6.45, 7) is 3.14. The van der Waals surface area contributed by atoms with Crippen molar-refractivity contribution >= 4 is 17.6 Å². The summed E-state index contributed by atoms with van der Waals surface area (Å²) in [4.78, 5) is 25.0. The molecule has 0 N–H and O–H groups in total. The number of amides is 1. The van der Waals surface area contributed by atoms with E-state index in [1.807, 2.05) is 12.1 Å². The number of nitrogens with zero attached hydrogens (tertiary/aromatic N) is 1. The number of hydrogen-bond donors (Lipinski definition) is 0. The molecule has 0 radical (unpaired) electrons. The smallest absolute Gasteiger partial charge is 0.302 e. The van der Waals surface area contributed by atoms with Gasteiger partial charge in [-0.25, -0.2) is 0 Å². The topological polar surface area (TPSA) is 55.8 Å². The number of rotatable bonds is 3. The van der Waals surface area contributed by atoms with Crippen LogP contribution >= 0.6 is 0 Å². The van der Waals surface area contributed by atoms with Gasteiger partial charge >= 0.3 is 5.97 Å². The molecule has 0 aliphatic carbocycles. The van der Waals surface area contributed by atoms with Crippen LogP contribution in [0.4, 0.5) is 5.69 Å². The molecule has 0 bridgehead atoms. The minimum atomic E-state index is -0.857. The maximum Gasteiger partial charge on any atom is 0.302 e. The first-order valence-electron chi connectivity index (χ1n) is 6.00. The standard InChI is InChI=1S/C14H17NO4/c1-9(16)19-8-14(2)11-7-10(18-4)5-6-12(11)15(3)13(14)17/h5-7H,8H2,1-4H3/t14-/m0/s1. The van der Waals surface area contributed by atoms with Crippen molar-refractivity contribution in [3.8, 4) is 5.75 Å². The van der Waals surface area contributed by atoms with Crippen LogP contribution in [-0.4, -0.2) is 32.6 Å². The van der Waals surface area contributed by atoms with Gasteiger partial charge in [-0.05, 0) is 30.7 Å². The SMILES string of the molecule is COc1ccc2c(c1)[C@](C)(COC(C)=O)C(=O)N2C. The molecule has 1 aliphatic rings. The highest BCUT2D eigenvalue weighted by molar-refractivity contribution is 6.07. The number of ether oxygens (including phenoxy) is 2. The van der Waals surface area contributed by atoms with E-state index >= 15 is 0 Å². The minimum Gasteiger partial charge on any atom is -0.497 e. The Hall–Kier alpha value is -2.04. The van der Waals surface area contributed by atoms with Crippen molar-refractivity contribution in [2.45, 2.75) is 19.3 Å². The van der Waals surface area contributed by atoms with Crippen LogP contribution in [0.15, 0.2) is 18.2 Å². The van der Waals surface area contributed by atoms with Gasteiger partial charge in [-0.3, -0.25) is 9.59 Å². The number of fused-ring (bicyclic) bond motifs is 1. The van der Waals surface area contributed by atoms with Crippen LogP contribution in [0.3, 0.4) is 0 Å². The van der Waals surface area contributed by atoms with E-state index in [0.717, 1.165) is 11.3 Å². The quantitative estimate of drug-likeness (QED) is 0.775. The normalized spacial score (nSPS) is 21.3. The van der Waals surface area contributed by atoms with Crippen LogP contribution in [0.5, 0.6) is 5.75 Å². The van der Waals surface area contributed by atoms with Crippen molar-refractivity contribution in [1.29, 1.82) is 0 Å². The van der Waals surface area contributed by atoms with Crippen molar-refractivity contribution in [2.75, 3.05) is 25.7 Å². The van der Waals surface area contributed by atoms with Gasteiger partial charge in [0.2, 0.25) is 5.91 Å². The van der Waals surface area contributed by atoms with E-state index in [2.05, 4.69) is 0 Å². The van der Waals surface area contributed by atoms with Gasteiger partial charge in [0.25, 0.3) is 0 Å². The van der Waals surface area contributed by atoms with E-state index in [1.165, 1.54) is 6.92 Å². The summed E-state index contributed by atoms with van der Waals surface area (Å²) in [5.74, 6) is 0.195. The second-order valence-electron chi connectivity index (χ2n) is 4.86. The minimum absolute atomic E-state index is 0.0334. The Labute approximate surface area is 112 Å². The molecular formula is C14H17NO4. The number of carbonyl (C=O) groups is 2. The molecule has 0 saturated heterocycles. The van der Waals surface area contributed by atoms with E-state index < -0.39 is 11.4 Å². The van der Waals surface area contributed by atoms with Gasteiger partial charge in [-0.1, -0.05) is 0 Å². The van der Waals surface area contributed by atoms with Gasteiger partial charge < -0.3 is 14.4 Å². The van der Waals surface area contributed by atoms with E-state index in [4.69, 9.17) is 9.47 Å². The molecule has 1 aliphatic heterocycles. The number of carbonyl (C=O) groups excluding carboxylic acids is 2. The van der Waals surface area contributed by atoms with Crippen LogP contribution in [0.25, 0.3) is 0 Å². The van der Waals surface area contributed by atoms with Crippen molar-refractivity contribution in [1.82, 2.24) is 0 Å². The molecule has 102 valence electrons. The number of methoxy groups -OCH3 is 1. The lowest BCUT2D eigenvalue weighted by Crippen LogP contribution is -2.40. The van der Waals surface area contributed by atoms with Crippen LogP contribution in [0, 0.1) is 0 Å². The Balaban J connectivity index is 2.46. The molecule has 2 rings (SSSR count). The predicted octanol–water partition coefficient (Wildman–Crippen LogP) is 1.49. The Morgan fingerprint density at radius 2 is 2.11 bits per heavy atom. The van der Waals surface area contributed by atoms with Crippen molar-refractivity contribution < 1.29 is 19.1 Å². The van der Waals surface area contributed by atoms with Crippen molar-refractivity contribution in [3.05, 3.63) is 23.8 Å². The molecule has 1 amide bonds. The van der Waals surface area contributed by atoms with Gasteiger partial charge in [0.15, 0.2) is 0 Å². The molecular weight excluding hydrogens is 246 g/mol. The number of hydrogen-bond acceptors (Lipinski definition) is 4. The Morgan fingerprint density at radius 3 is 2.68 bits per heavy atom. The molecule has 19 heavy (non-hydrogen) atoms. The number of benzene rings is 1. The van der Waals surface area contributed by atoms with Crippen molar-refractivity contribution in [2.24, 2.45) is 0 Å². The molecule has 0 fully saturated rings. The van der Waals surface area contributed by atoms with Crippen LogP contribution < -0.4 is 9.64 Å². The fourth-order valence-corrected chi connectivity index (χ4v) is 2.36. The highest BCUT2D eigenvalue weighted by atomic mass is 16.5. The molecule has 5 nitrogen and oxygen atoms in total. The number of anilines is 1. The Kier molecular flexibility index (Phi) is 3.22. The molecule has 0 saturated carbocycles. The third kappa shape index (κ3) is 2.05. The first-order chi connectivity index (χ1) is 8.90. The number of esters is 1. The summed E-state index contributed by atoms with van der Waals surface area (Å²) < 4.78 is 10.2. The fourth-order valence-electron chi connectivity index (χ4n) is 2.36. The van der Waals surface area contributed by atoms with E-state index in [1.54, 1.807) is 32.0 Å². The molecule has 0 spiro atoms. The molecule has 5 heteroatoms. The molecule has 1 aromatic rings. The van der Waals surface area contributed by atoms with Crippen LogP contribution in [0.2, 0.25) is 0 Å². The van der Waals surface area contributed by atoms with E-state index in [-0.39, 0.29) is 12.5 Å². The lowest BCUT2D eigenvalue weighted by Gasteiger charge is -2.22. The lowest BCUT2D eigenvalue weighted by molar-refractivity contribution is -0.144. The zero-order chi connectivity index (χ0) is 14.2. The fraction of sp³-hybridized carbons (Fsp3) is 0.429. The first-order valence-corrected chi connectivity index (χ1v) is 6.00. The summed E-state index contributed by atoms with van der Waals surface area (Å²) >= 11 is 0. The van der Waals surface area contributed by atoms with Gasteiger partial charge in [0, 0.05) is 19.7 Å². The first kappa shape index (κ1) is 13.4. The van der Waals surface area contributed by atoms with Gasteiger partial charge in [-0.15, -0.1) is 0 Å². The molecule has 1 aromatic carbocycles. The van der Waals surface area contributed by atoms with Gasteiger partial charge in [-0.2, -0.15) is 0 Å². The molecule has 0 unspecified atom stereocenters. The summed E-state index contributed by atoms with van der Waals surface area (Å²) in [5, 5.41) is 0. The second kappa shape index (κ2) is 4.57. The molecule has 1 heterocycles. The largest absolute Gasteiger partial charge is 0.497 e. The summed E-state index contributed by atoms with van der Waals surface area (Å²) in [6, 6.07) is 5.46. The van der Waals surface area contributed by atoms with Crippen LogP contribution in [0.1, 0.15) is 19.4 Å². The summed E-state index contributed by atoms with van der Waals surface area (Å²) in [6.07, 6.45) is 0. The van der Waals surface area contributed by atoms with E-state index in [0.29, 0.717) is 5.75 Å². The highest BCUT2D eigenvalue weighted by Crippen LogP contribution is 2.42. The third-order valence-electron chi connectivity index (χ3n) is 3.50. The Bertz CT molecular complexity index is 540. The average molecular weight is 263 g/mol. The lowest BCUT2D eigenvalue weighted by atomic mass is 9.84. The van der Waals surface area contributed by atoms with Gasteiger partial charge in [0.1, 0.15) is 17.8 Å². The van der Waals surface area contributed by atoms with E-state index in [9.17, 15) is 9.59 Å². The van der Waals surface area contributed by atoms with Gasteiger partial charge in [0.05, 0.1) is 7.11 Å². The number of likely N-dealkylation sites (N-methyl/N-ethyl adjacent to an activating group) is 1. The second-order valence-corrected chi connectivity index (χ2v) is 4.86. The predicted molar refractivity (Wildman–Crippen MR) is 70.4 cm³/mol. The maximum atomic E-state index is 12.4. The Morgan fingerprint density at radius 1 is 1.42 bits per heavy atom. The van der Waals surface area contributed by atoms with Crippen LogP contribution in [-0.2, 0) is 19.7 Å². The highest BCUT2D eigenvalue weighted by Gasteiger charge is 2.47. The zero-order valence-corrected chi connectivity index (χ0v) is 11.5. The summed E-state index contributed by atoms with van der Waals surface area (Å²) in [5.41, 5.74) is 0.783.